The molecule has 0 aromatic carbocycles. The van der Waals surface area contributed by atoms with Gasteiger partial charge in [0.2, 0.25) is 5.91 Å². The van der Waals surface area contributed by atoms with Gasteiger partial charge in [-0.3, -0.25) is 4.79 Å². The zero-order valence-corrected chi connectivity index (χ0v) is 9.25. The molecule has 1 aliphatic rings. The number of amides is 1. The van der Waals surface area contributed by atoms with E-state index in [9.17, 15) is 4.79 Å². The van der Waals surface area contributed by atoms with Gasteiger partial charge in [0, 0.05) is 13.0 Å². The van der Waals surface area contributed by atoms with Crippen LogP contribution < -0.4 is 11.1 Å². The summed E-state index contributed by atoms with van der Waals surface area (Å²) in [5, 5.41) is 2.91. The van der Waals surface area contributed by atoms with Crippen molar-refractivity contribution in [3.05, 3.63) is 0 Å². The maximum absolute atomic E-state index is 11.7. The van der Waals surface area contributed by atoms with Gasteiger partial charge >= 0.3 is 0 Å². The largest absolute Gasteiger partial charge is 0.376 e. The fourth-order valence-electron chi connectivity index (χ4n) is 1.59. The quantitative estimate of drug-likeness (QED) is 0.645. The monoisotopic (exact) mass is 210 g/mol. The Bertz CT molecular complexity index is 285. The zero-order chi connectivity index (χ0) is 11.5. The summed E-state index contributed by atoms with van der Waals surface area (Å²) in [6.45, 7) is 4.58. The van der Waals surface area contributed by atoms with Crippen molar-refractivity contribution in [3.63, 3.8) is 0 Å². The lowest BCUT2D eigenvalue weighted by Gasteiger charge is -2.29. The Morgan fingerprint density at radius 2 is 2.53 bits per heavy atom. The lowest BCUT2D eigenvalue weighted by Crippen LogP contribution is -2.55. The molecule has 3 unspecified atom stereocenters. The van der Waals surface area contributed by atoms with Crippen LogP contribution in [0.1, 0.15) is 26.7 Å². The first kappa shape index (κ1) is 12.0. The summed E-state index contributed by atoms with van der Waals surface area (Å²) in [5.74, 6) is 2.18. The van der Waals surface area contributed by atoms with Gasteiger partial charge in [-0.15, -0.1) is 12.3 Å². The van der Waals surface area contributed by atoms with Crippen molar-refractivity contribution < 1.29 is 9.53 Å². The zero-order valence-electron chi connectivity index (χ0n) is 9.25. The molecule has 3 N–H and O–H groups in total. The Balaban J connectivity index is 2.54. The topological polar surface area (TPSA) is 64.4 Å². The van der Waals surface area contributed by atoms with Crippen molar-refractivity contribution in [3.8, 4) is 12.3 Å². The Kier molecular flexibility index (Phi) is 3.72. The maximum atomic E-state index is 11.7. The lowest BCUT2D eigenvalue weighted by molar-refractivity contribution is -0.124. The summed E-state index contributed by atoms with van der Waals surface area (Å²) in [6, 6.07) is -0.625. The third-order valence-electron chi connectivity index (χ3n) is 2.97. The standard InChI is InChI=1S/C11H18N2O2/c1-4-5-9(12)10(14)13-11(3)6-7-15-8(11)2/h1,8-9H,5-7,12H2,2-3H3,(H,13,14). The first-order valence-electron chi connectivity index (χ1n) is 5.12. The molecular weight excluding hydrogens is 192 g/mol. The van der Waals surface area contributed by atoms with Crippen molar-refractivity contribution >= 4 is 5.91 Å². The molecule has 1 heterocycles. The van der Waals surface area contributed by atoms with Crippen molar-refractivity contribution in [1.82, 2.24) is 5.32 Å². The van der Waals surface area contributed by atoms with Gasteiger partial charge in [-0.05, 0) is 20.3 Å². The van der Waals surface area contributed by atoms with Crippen LogP contribution in [0.15, 0.2) is 0 Å². The van der Waals surface area contributed by atoms with E-state index in [0.29, 0.717) is 6.61 Å². The number of nitrogens with one attached hydrogen (secondary N) is 1. The minimum absolute atomic E-state index is 0.0134. The van der Waals surface area contributed by atoms with Gasteiger partial charge in [-0.1, -0.05) is 0 Å². The summed E-state index contributed by atoms with van der Waals surface area (Å²) in [7, 11) is 0. The van der Waals surface area contributed by atoms with E-state index in [1.807, 2.05) is 13.8 Å². The molecule has 0 aromatic rings. The SMILES string of the molecule is C#CCC(N)C(=O)NC1(C)CCOC1C. The van der Waals surface area contributed by atoms with E-state index in [2.05, 4.69) is 11.2 Å². The second kappa shape index (κ2) is 4.65. The van der Waals surface area contributed by atoms with E-state index in [1.54, 1.807) is 0 Å². The molecule has 1 saturated heterocycles. The smallest absolute Gasteiger partial charge is 0.238 e. The maximum Gasteiger partial charge on any atom is 0.238 e. The van der Waals surface area contributed by atoms with Crippen molar-refractivity contribution in [2.75, 3.05) is 6.61 Å². The highest BCUT2D eigenvalue weighted by Gasteiger charge is 2.38. The van der Waals surface area contributed by atoms with Gasteiger partial charge in [-0.25, -0.2) is 0 Å². The molecule has 3 atom stereocenters. The van der Waals surface area contributed by atoms with E-state index in [-0.39, 0.29) is 24.0 Å². The molecule has 0 aliphatic carbocycles. The number of nitrogens with two attached hydrogens (primary N) is 1. The van der Waals surface area contributed by atoms with Crippen LogP contribution in [-0.2, 0) is 9.53 Å². The highest BCUT2D eigenvalue weighted by atomic mass is 16.5. The molecule has 1 fully saturated rings. The summed E-state index contributed by atoms with van der Waals surface area (Å²) >= 11 is 0. The second-order valence-electron chi connectivity index (χ2n) is 4.18. The first-order chi connectivity index (χ1) is 6.99. The van der Waals surface area contributed by atoms with Crippen LogP contribution in [0.2, 0.25) is 0 Å². The van der Waals surface area contributed by atoms with Gasteiger partial charge in [0.1, 0.15) is 0 Å². The number of carbonyl (C=O) groups excluding carboxylic acids is 1. The predicted molar refractivity (Wildman–Crippen MR) is 58.0 cm³/mol. The fraction of sp³-hybridized carbons (Fsp3) is 0.727. The number of ether oxygens (including phenoxy) is 1. The van der Waals surface area contributed by atoms with Crippen molar-refractivity contribution in [2.45, 2.75) is 44.4 Å². The van der Waals surface area contributed by atoms with Crippen LogP contribution in [-0.4, -0.2) is 30.2 Å². The van der Waals surface area contributed by atoms with Gasteiger partial charge in [-0.2, -0.15) is 0 Å². The number of hydrogen-bond acceptors (Lipinski definition) is 3. The molecule has 84 valence electrons. The predicted octanol–water partition coefficient (Wildman–Crippen LogP) is 0.0207. The number of terminal acetylenes is 1. The van der Waals surface area contributed by atoms with Crippen LogP contribution in [0.25, 0.3) is 0 Å². The molecule has 4 heteroatoms. The number of rotatable bonds is 3. The number of hydrogen-bond donors (Lipinski definition) is 2. The minimum Gasteiger partial charge on any atom is -0.376 e. The Morgan fingerprint density at radius 1 is 1.87 bits per heavy atom. The average molecular weight is 210 g/mol. The number of carbonyl (C=O) groups is 1. The molecular formula is C11H18N2O2. The Hall–Kier alpha value is -1.05. The molecule has 0 saturated carbocycles. The van der Waals surface area contributed by atoms with Crippen LogP contribution in [0, 0.1) is 12.3 Å². The molecule has 15 heavy (non-hydrogen) atoms. The molecule has 0 spiro atoms. The van der Waals surface area contributed by atoms with Gasteiger partial charge in [0.25, 0.3) is 0 Å². The van der Waals surface area contributed by atoms with Crippen LogP contribution in [0.4, 0.5) is 0 Å². The molecule has 4 nitrogen and oxygen atoms in total. The molecule has 0 aromatic heterocycles. The van der Waals surface area contributed by atoms with Gasteiger partial charge in [0.05, 0.1) is 17.7 Å². The van der Waals surface area contributed by atoms with Crippen LogP contribution >= 0.6 is 0 Å². The summed E-state index contributed by atoms with van der Waals surface area (Å²) in [6.07, 6.45) is 6.18. The third kappa shape index (κ3) is 2.71. The van der Waals surface area contributed by atoms with E-state index in [1.165, 1.54) is 0 Å². The summed E-state index contributed by atoms with van der Waals surface area (Å²) < 4.78 is 5.41. The molecule has 0 radical (unpaired) electrons. The van der Waals surface area contributed by atoms with Crippen LogP contribution in [0.3, 0.4) is 0 Å². The van der Waals surface area contributed by atoms with Crippen LogP contribution in [0.5, 0.6) is 0 Å². The van der Waals surface area contributed by atoms with E-state index >= 15 is 0 Å². The Morgan fingerprint density at radius 3 is 3.00 bits per heavy atom. The third-order valence-corrected chi connectivity index (χ3v) is 2.97. The van der Waals surface area contributed by atoms with E-state index < -0.39 is 6.04 Å². The molecule has 1 rings (SSSR count). The second-order valence-corrected chi connectivity index (χ2v) is 4.18. The molecule has 1 amide bonds. The minimum atomic E-state index is -0.625. The van der Waals surface area contributed by atoms with Crippen molar-refractivity contribution in [2.24, 2.45) is 5.73 Å². The van der Waals surface area contributed by atoms with Gasteiger partial charge in [0.15, 0.2) is 0 Å². The highest BCUT2D eigenvalue weighted by Crippen LogP contribution is 2.24. The van der Waals surface area contributed by atoms with E-state index in [0.717, 1.165) is 6.42 Å². The summed E-state index contributed by atoms with van der Waals surface area (Å²) in [4.78, 5) is 11.7. The molecule has 1 aliphatic heterocycles. The van der Waals surface area contributed by atoms with E-state index in [4.69, 9.17) is 16.9 Å². The average Bonchev–Trinajstić information content (AvgIpc) is 2.47. The van der Waals surface area contributed by atoms with Crippen molar-refractivity contribution in [1.29, 1.82) is 0 Å². The Labute approximate surface area is 90.5 Å². The highest BCUT2D eigenvalue weighted by molar-refractivity contribution is 5.82. The lowest BCUT2D eigenvalue weighted by atomic mass is 9.94. The normalized spacial score (nSPS) is 32.0. The molecule has 0 bridgehead atoms. The summed E-state index contributed by atoms with van der Waals surface area (Å²) in [5.41, 5.74) is 5.30. The van der Waals surface area contributed by atoms with Gasteiger partial charge < -0.3 is 15.8 Å². The first-order valence-corrected chi connectivity index (χ1v) is 5.12. The fourth-order valence-corrected chi connectivity index (χ4v) is 1.59.